The van der Waals surface area contributed by atoms with E-state index in [1.165, 1.54) is 0 Å². The Labute approximate surface area is 207 Å². The van der Waals surface area contributed by atoms with Crippen molar-refractivity contribution in [3.05, 3.63) is 36.0 Å². The SMILES string of the molecule is Cc1cccc2ccnc(N(C(=O)C3CCN(C=O)CC3)[C@@H]3CCCN(C(=O)OC(C)(C)C)C3)c12. The van der Waals surface area contributed by atoms with Crippen molar-refractivity contribution in [3.8, 4) is 0 Å². The van der Waals surface area contributed by atoms with Gasteiger partial charge in [0.15, 0.2) is 0 Å². The van der Waals surface area contributed by atoms with E-state index in [9.17, 15) is 14.4 Å². The highest BCUT2D eigenvalue weighted by atomic mass is 16.6. The van der Waals surface area contributed by atoms with Crippen LogP contribution in [0.15, 0.2) is 30.5 Å². The number of likely N-dealkylation sites (tertiary alicyclic amines) is 2. The number of carbonyl (C=O) groups is 3. The lowest BCUT2D eigenvalue weighted by atomic mass is 9.93. The van der Waals surface area contributed by atoms with E-state index in [2.05, 4.69) is 0 Å². The molecule has 2 aromatic rings. The Hall–Kier alpha value is -3.16. The Morgan fingerprint density at radius 1 is 1.11 bits per heavy atom. The summed E-state index contributed by atoms with van der Waals surface area (Å²) < 4.78 is 5.63. The quantitative estimate of drug-likeness (QED) is 0.614. The summed E-state index contributed by atoms with van der Waals surface area (Å²) in [7, 11) is 0. The lowest BCUT2D eigenvalue weighted by Crippen LogP contribution is -2.55. The number of piperidine rings is 2. The molecule has 0 saturated carbocycles. The number of aromatic nitrogens is 1. The summed E-state index contributed by atoms with van der Waals surface area (Å²) in [6, 6.07) is 7.84. The van der Waals surface area contributed by atoms with E-state index in [1.54, 1.807) is 16.0 Å². The van der Waals surface area contributed by atoms with Crippen molar-refractivity contribution in [1.82, 2.24) is 14.8 Å². The number of hydrogen-bond donors (Lipinski definition) is 0. The number of carbonyl (C=O) groups excluding carboxylic acids is 3. The molecule has 8 heteroatoms. The Bertz CT molecular complexity index is 1080. The zero-order chi connectivity index (χ0) is 25.2. The van der Waals surface area contributed by atoms with Crippen LogP contribution in [0.5, 0.6) is 0 Å². The Morgan fingerprint density at radius 3 is 2.54 bits per heavy atom. The van der Waals surface area contributed by atoms with Crippen LogP contribution in [0.2, 0.25) is 0 Å². The molecule has 35 heavy (non-hydrogen) atoms. The number of fused-ring (bicyclic) bond motifs is 1. The normalized spacial score (nSPS) is 19.5. The maximum Gasteiger partial charge on any atom is 0.410 e. The van der Waals surface area contributed by atoms with Crippen molar-refractivity contribution in [2.45, 2.75) is 65.0 Å². The zero-order valence-corrected chi connectivity index (χ0v) is 21.2. The molecule has 2 saturated heterocycles. The molecule has 3 amide bonds. The van der Waals surface area contributed by atoms with Crippen LogP contribution in [0.3, 0.4) is 0 Å². The smallest absolute Gasteiger partial charge is 0.410 e. The predicted molar refractivity (Wildman–Crippen MR) is 135 cm³/mol. The molecule has 3 heterocycles. The molecule has 0 unspecified atom stereocenters. The highest BCUT2D eigenvalue weighted by Crippen LogP contribution is 2.33. The van der Waals surface area contributed by atoms with Crippen molar-refractivity contribution in [2.24, 2.45) is 5.92 Å². The number of nitrogens with zero attached hydrogens (tertiary/aromatic N) is 4. The van der Waals surface area contributed by atoms with Crippen LogP contribution >= 0.6 is 0 Å². The minimum Gasteiger partial charge on any atom is -0.444 e. The Morgan fingerprint density at radius 2 is 1.86 bits per heavy atom. The largest absolute Gasteiger partial charge is 0.444 e. The summed E-state index contributed by atoms with van der Waals surface area (Å²) in [5.74, 6) is 0.485. The fourth-order valence-corrected chi connectivity index (χ4v) is 5.13. The number of pyridine rings is 1. The lowest BCUT2D eigenvalue weighted by Gasteiger charge is -2.41. The first-order valence-electron chi connectivity index (χ1n) is 12.5. The van der Waals surface area contributed by atoms with Gasteiger partial charge in [0.1, 0.15) is 11.4 Å². The Balaban J connectivity index is 1.69. The van der Waals surface area contributed by atoms with Crippen LogP contribution in [-0.4, -0.2) is 71.0 Å². The summed E-state index contributed by atoms with van der Waals surface area (Å²) in [6.07, 6.45) is 5.06. The molecule has 2 aliphatic heterocycles. The monoisotopic (exact) mass is 480 g/mol. The van der Waals surface area contributed by atoms with Crippen LogP contribution in [0.1, 0.15) is 52.0 Å². The second kappa shape index (κ2) is 10.2. The van der Waals surface area contributed by atoms with E-state index in [0.29, 0.717) is 44.8 Å². The van der Waals surface area contributed by atoms with E-state index >= 15 is 0 Å². The third kappa shape index (κ3) is 5.57. The first-order chi connectivity index (χ1) is 16.7. The molecular weight excluding hydrogens is 444 g/mol. The maximum atomic E-state index is 14.1. The molecule has 188 valence electrons. The van der Waals surface area contributed by atoms with Crippen molar-refractivity contribution in [1.29, 1.82) is 0 Å². The van der Waals surface area contributed by atoms with Gasteiger partial charge in [-0.05, 0) is 70.4 Å². The number of aryl methyl sites for hydroxylation is 1. The second-order valence-corrected chi connectivity index (χ2v) is 10.7. The first kappa shape index (κ1) is 24.9. The third-order valence-corrected chi connectivity index (χ3v) is 6.89. The summed E-state index contributed by atoms with van der Waals surface area (Å²) >= 11 is 0. The first-order valence-corrected chi connectivity index (χ1v) is 12.5. The van der Waals surface area contributed by atoms with Crippen molar-refractivity contribution in [3.63, 3.8) is 0 Å². The van der Waals surface area contributed by atoms with Gasteiger partial charge in [-0.15, -0.1) is 0 Å². The molecule has 2 fully saturated rings. The van der Waals surface area contributed by atoms with E-state index in [0.717, 1.165) is 35.6 Å². The van der Waals surface area contributed by atoms with Gasteiger partial charge in [0.05, 0.1) is 6.04 Å². The second-order valence-electron chi connectivity index (χ2n) is 10.7. The molecule has 1 aromatic heterocycles. The van der Waals surface area contributed by atoms with E-state index < -0.39 is 5.60 Å². The van der Waals surface area contributed by atoms with Crippen LogP contribution in [-0.2, 0) is 14.3 Å². The summed E-state index contributed by atoms with van der Waals surface area (Å²) in [5, 5.41) is 1.99. The van der Waals surface area contributed by atoms with Crippen molar-refractivity contribution >= 4 is 35.0 Å². The van der Waals surface area contributed by atoms with Gasteiger partial charge in [0.25, 0.3) is 0 Å². The van der Waals surface area contributed by atoms with Crippen LogP contribution < -0.4 is 4.90 Å². The molecule has 1 atom stereocenters. The summed E-state index contributed by atoms with van der Waals surface area (Å²) in [6.45, 7) is 9.76. The molecular formula is C27H36N4O4. The van der Waals surface area contributed by atoms with Crippen molar-refractivity contribution < 1.29 is 19.1 Å². The van der Waals surface area contributed by atoms with Gasteiger partial charge >= 0.3 is 6.09 Å². The highest BCUT2D eigenvalue weighted by molar-refractivity contribution is 6.04. The van der Waals surface area contributed by atoms with Gasteiger partial charge in [-0.2, -0.15) is 0 Å². The summed E-state index contributed by atoms with van der Waals surface area (Å²) in [5.41, 5.74) is 0.472. The fraction of sp³-hybridized carbons (Fsp3) is 0.556. The zero-order valence-electron chi connectivity index (χ0n) is 21.2. The number of amides is 3. The van der Waals surface area contributed by atoms with Crippen LogP contribution in [0, 0.1) is 12.8 Å². The average molecular weight is 481 g/mol. The average Bonchev–Trinajstić information content (AvgIpc) is 2.83. The van der Waals surface area contributed by atoms with Crippen LogP contribution in [0.4, 0.5) is 10.6 Å². The number of benzene rings is 1. The van der Waals surface area contributed by atoms with Crippen molar-refractivity contribution in [2.75, 3.05) is 31.1 Å². The summed E-state index contributed by atoms with van der Waals surface area (Å²) in [4.78, 5) is 48.2. The van der Waals surface area contributed by atoms with Gasteiger partial charge in [0.2, 0.25) is 12.3 Å². The number of anilines is 1. The maximum absolute atomic E-state index is 14.1. The molecule has 1 aromatic carbocycles. The number of hydrogen-bond acceptors (Lipinski definition) is 5. The minimum absolute atomic E-state index is 0.0230. The number of ether oxygens (including phenoxy) is 1. The molecule has 0 aliphatic carbocycles. The molecule has 0 bridgehead atoms. The minimum atomic E-state index is -0.583. The topological polar surface area (TPSA) is 83.1 Å². The van der Waals surface area contributed by atoms with E-state index in [4.69, 9.17) is 9.72 Å². The van der Waals surface area contributed by atoms with Crippen LogP contribution in [0.25, 0.3) is 10.8 Å². The molecule has 8 nitrogen and oxygen atoms in total. The lowest BCUT2D eigenvalue weighted by molar-refractivity contribution is -0.127. The van der Waals surface area contributed by atoms with Gasteiger partial charge in [-0.25, -0.2) is 9.78 Å². The molecule has 0 N–H and O–H groups in total. The molecule has 2 aliphatic rings. The molecule has 0 spiro atoms. The molecule has 0 radical (unpaired) electrons. The highest BCUT2D eigenvalue weighted by Gasteiger charge is 2.38. The van der Waals surface area contributed by atoms with Gasteiger partial charge in [-0.3, -0.25) is 14.5 Å². The third-order valence-electron chi connectivity index (χ3n) is 6.89. The van der Waals surface area contributed by atoms with Gasteiger partial charge < -0.3 is 14.5 Å². The molecule has 4 rings (SSSR count). The number of rotatable bonds is 4. The van der Waals surface area contributed by atoms with Gasteiger partial charge in [-0.1, -0.05) is 18.2 Å². The Kier molecular flexibility index (Phi) is 7.28. The predicted octanol–water partition coefficient (Wildman–Crippen LogP) is 4.14. The fourth-order valence-electron chi connectivity index (χ4n) is 5.13. The van der Waals surface area contributed by atoms with E-state index in [-0.39, 0.29) is 24.0 Å². The standard InChI is InChI=1S/C27H36N4O4/c1-19-7-5-8-20-10-13-28-24(23(19)20)31(25(33)21-11-15-29(18-32)16-12-21)22-9-6-14-30(17-22)26(34)35-27(2,3)4/h5,7-8,10,13,18,21-22H,6,9,11-12,14-17H2,1-4H3/t22-/m1/s1. The van der Waals surface area contributed by atoms with E-state index in [1.807, 2.05) is 56.9 Å². The van der Waals surface area contributed by atoms with Gasteiger partial charge in [0, 0.05) is 43.7 Å².